The van der Waals surface area contributed by atoms with Crippen molar-refractivity contribution in [1.29, 1.82) is 0 Å². The van der Waals surface area contributed by atoms with Crippen LogP contribution in [0.15, 0.2) is 29.2 Å². The van der Waals surface area contributed by atoms with E-state index in [9.17, 15) is 17.2 Å². The SMILES string of the molecule is NCc1cc(F)c(F)c(S(=O)(=O)N2CC=CCC2)c1. The Hall–Kier alpha value is -1.31. The van der Waals surface area contributed by atoms with Gasteiger partial charge in [0, 0.05) is 19.6 Å². The standard InChI is InChI=1S/C12H14F2N2O2S/c13-10-6-9(8-15)7-11(12(10)14)19(17,18)16-4-2-1-3-5-16/h1-2,6-7H,3-5,8,15H2. The number of hydrogen-bond donors (Lipinski definition) is 1. The third-order valence-electron chi connectivity index (χ3n) is 2.93. The number of hydrogen-bond acceptors (Lipinski definition) is 3. The third-order valence-corrected chi connectivity index (χ3v) is 4.79. The molecule has 0 spiro atoms. The van der Waals surface area contributed by atoms with Crippen molar-refractivity contribution in [2.45, 2.75) is 17.9 Å². The summed E-state index contributed by atoms with van der Waals surface area (Å²) in [7, 11) is -4.04. The highest BCUT2D eigenvalue weighted by molar-refractivity contribution is 7.89. The highest BCUT2D eigenvalue weighted by Crippen LogP contribution is 2.24. The lowest BCUT2D eigenvalue weighted by molar-refractivity contribution is 0.426. The molecule has 4 nitrogen and oxygen atoms in total. The number of halogens is 2. The van der Waals surface area contributed by atoms with E-state index >= 15 is 0 Å². The van der Waals surface area contributed by atoms with Gasteiger partial charge >= 0.3 is 0 Å². The normalized spacial score (nSPS) is 16.8. The largest absolute Gasteiger partial charge is 0.326 e. The van der Waals surface area contributed by atoms with Crippen LogP contribution in [0.4, 0.5) is 8.78 Å². The fourth-order valence-corrected chi connectivity index (χ4v) is 3.43. The van der Waals surface area contributed by atoms with E-state index in [-0.39, 0.29) is 25.2 Å². The minimum absolute atomic E-state index is 0.0559. The molecule has 0 amide bonds. The molecule has 0 bridgehead atoms. The number of nitrogens with two attached hydrogens (primary N) is 1. The van der Waals surface area contributed by atoms with E-state index in [4.69, 9.17) is 5.73 Å². The molecule has 1 aromatic rings. The molecule has 0 unspecified atom stereocenters. The molecule has 7 heteroatoms. The maximum absolute atomic E-state index is 13.7. The molecule has 1 aliphatic heterocycles. The van der Waals surface area contributed by atoms with Gasteiger partial charge in [-0.05, 0) is 24.1 Å². The van der Waals surface area contributed by atoms with Crippen molar-refractivity contribution in [1.82, 2.24) is 4.31 Å². The molecular formula is C12H14F2N2O2S. The Balaban J connectivity index is 2.50. The maximum Gasteiger partial charge on any atom is 0.246 e. The summed E-state index contributed by atoms with van der Waals surface area (Å²) in [5.74, 6) is -2.55. The molecule has 2 N–H and O–H groups in total. The Morgan fingerprint density at radius 1 is 1.26 bits per heavy atom. The highest BCUT2D eigenvalue weighted by Gasteiger charge is 2.29. The van der Waals surface area contributed by atoms with Crippen LogP contribution in [0.1, 0.15) is 12.0 Å². The average Bonchev–Trinajstić information content (AvgIpc) is 2.42. The number of nitrogens with zero attached hydrogens (tertiary/aromatic N) is 1. The Kier molecular flexibility index (Phi) is 3.98. The third kappa shape index (κ3) is 2.68. The van der Waals surface area contributed by atoms with Crippen LogP contribution in [0.25, 0.3) is 0 Å². The van der Waals surface area contributed by atoms with E-state index in [1.165, 1.54) is 0 Å². The van der Waals surface area contributed by atoms with Crippen LogP contribution in [-0.2, 0) is 16.6 Å². The van der Waals surface area contributed by atoms with Gasteiger partial charge in [0.15, 0.2) is 11.6 Å². The van der Waals surface area contributed by atoms with Gasteiger partial charge in [0.1, 0.15) is 4.90 Å². The first-order valence-corrected chi connectivity index (χ1v) is 7.24. The maximum atomic E-state index is 13.7. The molecule has 19 heavy (non-hydrogen) atoms. The summed E-state index contributed by atoms with van der Waals surface area (Å²) < 4.78 is 52.8. The molecule has 0 saturated carbocycles. The minimum Gasteiger partial charge on any atom is -0.326 e. The Morgan fingerprint density at radius 3 is 2.58 bits per heavy atom. The van der Waals surface area contributed by atoms with Gasteiger partial charge in [0.05, 0.1) is 0 Å². The van der Waals surface area contributed by atoms with Crippen molar-refractivity contribution in [3.63, 3.8) is 0 Å². The smallest absolute Gasteiger partial charge is 0.246 e. The molecule has 104 valence electrons. The predicted octanol–water partition coefficient (Wildman–Crippen LogP) is 1.37. The van der Waals surface area contributed by atoms with Gasteiger partial charge in [-0.15, -0.1) is 0 Å². The topological polar surface area (TPSA) is 63.4 Å². The van der Waals surface area contributed by atoms with E-state index in [2.05, 4.69) is 0 Å². The summed E-state index contributed by atoms with van der Waals surface area (Å²) in [6.45, 7) is 0.364. The molecule has 0 fully saturated rings. The lowest BCUT2D eigenvalue weighted by Gasteiger charge is -2.23. The van der Waals surface area contributed by atoms with Crippen LogP contribution in [0, 0.1) is 11.6 Å². The molecule has 1 heterocycles. The van der Waals surface area contributed by atoms with Crippen LogP contribution >= 0.6 is 0 Å². The number of benzene rings is 1. The highest BCUT2D eigenvalue weighted by atomic mass is 32.2. The van der Waals surface area contributed by atoms with Crippen molar-refractivity contribution in [3.05, 3.63) is 41.5 Å². The zero-order valence-corrected chi connectivity index (χ0v) is 11.0. The molecule has 1 aliphatic rings. The molecule has 0 atom stereocenters. The summed E-state index contributed by atoms with van der Waals surface area (Å²) in [6.07, 6.45) is 4.08. The van der Waals surface area contributed by atoms with Crippen LogP contribution in [0.3, 0.4) is 0 Å². The Labute approximate surface area is 110 Å². The lowest BCUT2D eigenvalue weighted by Crippen LogP contribution is -2.34. The van der Waals surface area contributed by atoms with Crippen molar-refractivity contribution in [3.8, 4) is 0 Å². The molecule has 1 aromatic carbocycles. The van der Waals surface area contributed by atoms with Crippen LogP contribution < -0.4 is 5.73 Å². The van der Waals surface area contributed by atoms with Crippen molar-refractivity contribution in [2.24, 2.45) is 5.73 Å². The molecule has 2 rings (SSSR count). The van der Waals surface area contributed by atoms with Gasteiger partial charge in [-0.2, -0.15) is 4.31 Å². The summed E-state index contributed by atoms with van der Waals surface area (Å²) in [5.41, 5.74) is 5.59. The van der Waals surface area contributed by atoms with Gasteiger partial charge in [0.25, 0.3) is 0 Å². The summed E-state index contributed by atoms with van der Waals surface area (Å²) in [5, 5.41) is 0. The number of sulfonamides is 1. The lowest BCUT2D eigenvalue weighted by atomic mass is 10.2. The van der Waals surface area contributed by atoms with Gasteiger partial charge < -0.3 is 5.73 Å². The molecular weight excluding hydrogens is 274 g/mol. The average molecular weight is 288 g/mol. The quantitative estimate of drug-likeness (QED) is 0.855. The molecule has 0 saturated heterocycles. The second kappa shape index (κ2) is 5.36. The Bertz CT molecular complexity index is 614. The fraction of sp³-hybridized carbons (Fsp3) is 0.333. The second-order valence-electron chi connectivity index (χ2n) is 4.22. The summed E-state index contributed by atoms with van der Waals surface area (Å²) >= 11 is 0. The first kappa shape index (κ1) is 14.1. The van der Waals surface area contributed by atoms with E-state index in [0.29, 0.717) is 6.42 Å². The monoisotopic (exact) mass is 288 g/mol. The Morgan fingerprint density at radius 2 is 2.00 bits per heavy atom. The fourth-order valence-electron chi connectivity index (χ4n) is 1.90. The summed E-state index contributed by atoms with van der Waals surface area (Å²) in [4.78, 5) is -0.650. The number of rotatable bonds is 3. The van der Waals surface area contributed by atoms with Gasteiger partial charge in [-0.1, -0.05) is 12.2 Å². The van der Waals surface area contributed by atoms with Crippen molar-refractivity contribution in [2.75, 3.05) is 13.1 Å². The second-order valence-corrected chi connectivity index (χ2v) is 6.12. The molecule has 0 aliphatic carbocycles. The van der Waals surface area contributed by atoms with Gasteiger partial charge in [-0.3, -0.25) is 0 Å². The summed E-state index contributed by atoms with van der Waals surface area (Å²) in [6, 6.07) is 2.00. The zero-order valence-electron chi connectivity index (χ0n) is 10.1. The molecule has 0 aromatic heterocycles. The van der Waals surface area contributed by atoms with E-state index in [0.717, 1.165) is 16.4 Å². The predicted molar refractivity (Wildman–Crippen MR) is 66.8 cm³/mol. The van der Waals surface area contributed by atoms with Crippen LogP contribution in [0.5, 0.6) is 0 Å². The van der Waals surface area contributed by atoms with E-state index in [1.54, 1.807) is 6.08 Å². The minimum atomic E-state index is -4.04. The van der Waals surface area contributed by atoms with Crippen molar-refractivity contribution >= 4 is 10.0 Å². The van der Waals surface area contributed by atoms with Gasteiger partial charge in [-0.25, -0.2) is 17.2 Å². The molecule has 0 radical (unpaired) electrons. The van der Waals surface area contributed by atoms with Crippen LogP contribution in [-0.4, -0.2) is 25.8 Å². The van der Waals surface area contributed by atoms with E-state index in [1.807, 2.05) is 6.08 Å². The van der Waals surface area contributed by atoms with Crippen molar-refractivity contribution < 1.29 is 17.2 Å². The first-order chi connectivity index (χ1) is 8.96. The zero-order chi connectivity index (χ0) is 14.0. The van der Waals surface area contributed by atoms with Gasteiger partial charge in [0.2, 0.25) is 10.0 Å². The van der Waals surface area contributed by atoms with E-state index < -0.39 is 26.6 Å². The first-order valence-electron chi connectivity index (χ1n) is 5.80. The van der Waals surface area contributed by atoms with Crippen LogP contribution in [0.2, 0.25) is 0 Å².